The minimum absolute atomic E-state index is 0.0519. The van der Waals surface area contributed by atoms with Gasteiger partial charge in [-0.3, -0.25) is 0 Å². The van der Waals surface area contributed by atoms with Crippen molar-refractivity contribution >= 4 is 5.69 Å². The van der Waals surface area contributed by atoms with Crippen LogP contribution in [0.1, 0.15) is 19.4 Å². The monoisotopic (exact) mass is 285 g/mol. The molecule has 112 valence electrons. The van der Waals surface area contributed by atoms with Crippen molar-refractivity contribution in [3.05, 3.63) is 54.1 Å². The van der Waals surface area contributed by atoms with Crippen LogP contribution in [-0.2, 0) is 0 Å². The van der Waals surface area contributed by atoms with Crippen LogP contribution in [0.15, 0.2) is 48.5 Å². The molecule has 2 aromatic carbocycles. The van der Waals surface area contributed by atoms with Gasteiger partial charge in [0.1, 0.15) is 11.5 Å². The van der Waals surface area contributed by atoms with Gasteiger partial charge in [-0.2, -0.15) is 0 Å². The molecular formula is C18H23NO2. The van der Waals surface area contributed by atoms with Gasteiger partial charge in [-0.1, -0.05) is 18.2 Å². The van der Waals surface area contributed by atoms with E-state index < -0.39 is 0 Å². The molecule has 0 aliphatic carbocycles. The lowest BCUT2D eigenvalue weighted by Crippen LogP contribution is -2.37. The van der Waals surface area contributed by atoms with Crippen LogP contribution < -0.4 is 14.4 Å². The Morgan fingerprint density at radius 2 is 1.76 bits per heavy atom. The van der Waals surface area contributed by atoms with E-state index in [1.165, 1.54) is 5.56 Å². The Balaban J connectivity index is 2.16. The van der Waals surface area contributed by atoms with Crippen molar-refractivity contribution < 1.29 is 9.47 Å². The lowest BCUT2D eigenvalue weighted by Gasteiger charge is -2.30. The Morgan fingerprint density at radius 3 is 2.43 bits per heavy atom. The van der Waals surface area contributed by atoms with Gasteiger partial charge in [-0.15, -0.1) is 0 Å². The molecule has 0 fully saturated rings. The molecule has 21 heavy (non-hydrogen) atoms. The van der Waals surface area contributed by atoms with E-state index in [1.807, 2.05) is 30.3 Å². The third-order valence-electron chi connectivity index (χ3n) is 3.46. The van der Waals surface area contributed by atoms with Crippen LogP contribution in [0.4, 0.5) is 5.69 Å². The van der Waals surface area contributed by atoms with E-state index in [9.17, 15) is 0 Å². The normalized spacial score (nSPS) is 11.8. The lowest BCUT2D eigenvalue weighted by atomic mass is 10.2. The molecule has 0 saturated carbocycles. The second kappa shape index (κ2) is 7.02. The zero-order chi connectivity index (χ0) is 15.2. The molecule has 1 atom stereocenters. The summed E-state index contributed by atoms with van der Waals surface area (Å²) in [5, 5.41) is 0. The van der Waals surface area contributed by atoms with Gasteiger partial charge in [-0.05, 0) is 50.6 Å². The molecule has 1 unspecified atom stereocenters. The highest BCUT2D eigenvalue weighted by Crippen LogP contribution is 2.24. The van der Waals surface area contributed by atoms with Crippen molar-refractivity contribution in [1.29, 1.82) is 0 Å². The van der Waals surface area contributed by atoms with E-state index in [1.54, 1.807) is 7.11 Å². The number of methoxy groups -OCH3 is 1. The van der Waals surface area contributed by atoms with E-state index in [2.05, 4.69) is 43.9 Å². The fraction of sp³-hybridized carbons (Fsp3) is 0.333. The van der Waals surface area contributed by atoms with Crippen molar-refractivity contribution in [2.45, 2.75) is 27.0 Å². The maximum Gasteiger partial charge on any atom is 0.169 e. The quantitative estimate of drug-likeness (QED) is 0.740. The standard InChI is InChI=1S/C18H23NO2/c1-5-19(16-9-7-10-17(13-16)20-4)15(3)21-18-11-6-8-14(2)12-18/h6-13,15H,5H2,1-4H3. The zero-order valence-electron chi connectivity index (χ0n) is 13.2. The van der Waals surface area contributed by atoms with Gasteiger partial charge in [0.05, 0.1) is 7.11 Å². The van der Waals surface area contributed by atoms with Crippen LogP contribution in [0.5, 0.6) is 11.5 Å². The summed E-state index contributed by atoms with van der Waals surface area (Å²) >= 11 is 0. The molecular weight excluding hydrogens is 262 g/mol. The van der Waals surface area contributed by atoms with Crippen LogP contribution >= 0.6 is 0 Å². The summed E-state index contributed by atoms with van der Waals surface area (Å²) in [5.74, 6) is 1.75. The summed E-state index contributed by atoms with van der Waals surface area (Å²) in [6, 6.07) is 16.2. The fourth-order valence-electron chi connectivity index (χ4n) is 2.39. The Kier molecular flexibility index (Phi) is 5.09. The number of rotatable bonds is 6. The first kappa shape index (κ1) is 15.2. The van der Waals surface area contributed by atoms with Crippen LogP contribution in [0, 0.1) is 6.92 Å². The van der Waals surface area contributed by atoms with Gasteiger partial charge in [0.15, 0.2) is 6.23 Å². The number of benzene rings is 2. The highest BCUT2D eigenvalue weighted by atomic mass is 16.5. The summed E-state index contributed by atoms with van der Waals surface area (Å²) in [4.78, 5) is 2.20. The third-order valence-corrected chi connectivity index (χ3v) is 3.46. The highest BCUT2D eigenvalue weighted by Gasteiger charge is 2.15. The van der Waals surface area contributed by atoms with Gasteiger partial charge in [0.25, 0.3) is 0 Å². The van der Waals surface area contributed by atoms with Crippen LogP contribution in [0.3, 0.4) is 0 Å². The molecule has 0 amide bonds. The average Bonchev–Trinajstić information content (AvgIpc) is 2.48. The molecule has 3 nitrogen and oxygen atoms in total. The molecule has 0 saturated heterocycles. The number of hydrogen-bond donors (Lipinski definition) is 0. The van der Waals surface area contributed by atoms with Gasteiger partial charge in [-0.25, -0.2) is 0 Å². The van der Waals surface area contributed by atoms with Crippen LogP contribution in [0.2, 0.25) is 0 Å². The molecule has 0 bridgehead atoms. The third kappa shape index (κ3) is 3.91. The number of aryl methyl sites for hydroxylation is 1. The summed E-state index contributed by atoms with van der Waals surface area (Å²) in [7, 11) is 1.68. The Morgan fingerprint density at radius 1 is 1.05 bits per heavy atom. The second-order valence-corrected chi connectivity index (χ2v) is 5.02. The summed E-state index contributed by atoms with van der Waals surface area (Å²) in [6.07, 6.45) is -0.0519. The first-order valence-corrected chi connectivity index (χ1v) is 7.28. The molecule has 2 rings (SSSR count). The number of nitrogens with zero attached hydrogens (tertiary/aromatic N) is 1. The van der Waals surface area contributed by atoms with E-state index in [4.69, 9.17) is 9.47 Å². The first-order chi connectivity index (χ1) is 10.1. The largest absolute Gasteiger partial charge is 0.497 e. The van der Waals surface area contributed by atoms with Gasteiger partial charge < -0.3 is 14.4 Å². The number of ether oxygens (including phenoxy) is 2. The molecule has 3 heteroatoms. The molecule has 0 aromatic heterocycles. The van der Waals surface area contributed by atoms with Gasteiger partial charge in [0, 0.05) is 18.3 Å². The average molecular weight is 285 g/mol. The predicted octanol–water partition coefficient (Wildman–Crippen LogP) is 4.25. The summed E-state index contributed by atoms with van der Waals surface area (Å²) < 4.78 is 11.4. The van der Waals surface area contributed by atoms with E-state index >= 15 is 0 Å². The topological polar surface area (TPSA) is 21.7 Å². The molecule has 0 aliphatic heterocycles. The fourth-order valence-corrected chi connectivity index (χ4v) is 2.39. The molecule has 0 radical (unpaired) electrons. The van der Waals surface area contributed by atoms with Gasteiger partial charge in [0.2, 0.25) is 0 Å². The molecule has 2 aromatic rings. The van der Waals surface area contributed by atoms with Crippen molar-refractivity contribution in [3.8, 4) is 11.5 Å². The van der Waals surface area contributed by atoms with Crippen molar-refractivity contribution in [2.24, 2.45) is 0 Å². The SMILES string of the molecule is CCN(c1cccc(OC)c1)C(C)Oc1cccc(C)c1. The van der Waals surface area contributed by atoms with Crippen LogP contribution in [-0.4, -0.2) is 19.9 Å². The first-order valence-electron chi connectivity index (χ1n) is 7.28. The molecule has 0 aliphatic rings. The molecule has 0 heterocycles. The second-order valence-electron chi connectivity index (χ2n) is 5.02. The maximum atomic E-state index is 6.06. The minimum Gasteiger partial charge on any atom is -0.497 e. The van der Waals surface area contributed by atoms with Crippen molar-refractivity contribution in [1.82, 2.24) is 0 Å². The smallest absolute Gasteiger partial charge is 0.169 e. The van der Waals surface area contributed by atoms with E-state index in [0.29, 0.717) is 0 Å². The van der Waals surface area contributed by atoms with E-state index in [-0.39, 0.29) is 6.23 Å². The predicted molar refractivity (Wildman–Crippen MR) is 87.3 cm³/mol. The lowest BCUT2D eigenvalue weighted by molar-refractivity contribution is 0.216. The van der Waals surface area contributed by atoms with Crippen LogP contribution in [0.25, 0.3) is 0 Å². The maximum absolute atomic E-state index is 6.06. The highest BCUT2D eigenvalue weighted by molar-refractivity contribution is 5.51. The Hall–Kier alpha value is -2.16. The number of hydrogen-bond acceptors (Lipinski definition) is 3. The summed E-state index contributed by atoms with van der Waals surface area (Å²) in [5.41, 5.74) is 2.29. The summed E-state index contributed by atoms with van der Waals surface area (Å²) in [6.45, 7) is 7.11. The van der Waals surface area contributed by atoms with Gasteiger partial charge >= 0.3 is 0 Å². The number of anilines is 1. The molecule has 0 spiro atoms. The van der Waals surface area contributed by atoms with Crippen molar-refractivity contribution in [2.75, 3.05) is 18.6 Å². The van der Waals surface area contributed by atoms with Crippen molar-refractivity contribution in [3.63, 3.8) is 0 Å². The Bertz CT molecular complexity index is 583. The minimum atomic E-state index is -0.0519. The van der Waals surface area contributed by atoms with E-state index in [0.717, 1.165) is 23.7 Å². The molecule has 0 N–H and O–H groups in total. The Labute approximate surface area is 127 Å². The zero-order valence-corrected chi connectivity index (χ0v) is 13.2.